The van der Waals surface area contributed by atoms with E-state index in [4.69, 9.17) is 11.6 Å². The molecular weight excluding hydrogens is 290 g/mol. The normalized spacial score (nSPS) is 23.0. The van der Waals surface area contributed by atoms with E-state index in [1.165, 1.54) is 0 Å². The van der Waals surface area contributed by atoms with E-state index in [-0.39, 0.29) is 5.91 Å². The third kappa shape index (κ3) is 3.21. The molecule has 2 rings (SSSR count). The minimum Gasteiger partial charge on any atom is -0.481 e. The topological polar surface area (TPSA) is 57.6 Å². The predicted octanol–water partition coefficient (Wildman–Crippen LogP) is 3.42. The summed E-state index contributed by atoms with van der Waals surface area (Å²) in [5.41, 5.74) is 1.80. The molecule has 4 nitrogen and oxygen atoms in total. The quantitative estimate of drug-likeness (QED) is 0.930. The monoisotopic (exact) mass is 309 g/mol. The van der Waals surface area contributed by atoms with Gasteiger partial charge in [0.25, 0.3) is 0 Å². The molecule has 0 bridgehead atoms. The van der Waals surface area contributed by atoms with Crippen molar-refractivity contribution in [1.29, 1.82) is 0 Å². The lowest BCUT2D eigenvalue weighted by Gasteiger charge is -2.34. The molecule has 1 aromatic carbocycles. The molecule has 0 aliphatic carbocycles. The van der Waals surface area contributed by atoms with Gasteiger partial charge in [0.2, 0.25) is 5.91 Å². The molecule has 1 aromatic rings. The summed E-state index contributed by atoms with van der Waals surface area (Å²) in [7, 11) is 0. The number of carboxylic acid groups (broad SMARTS) is 1. The van der Waals surface area contributed by atoms with Crippen molar-refractivity contribution in [3.8, 4) is 0 Å². The number of halogens is 1. The van der Waals surface area contributed by atoms with Crippen LogP contribution in [0.15, 0.2) is 18.2 Å². The van der Waals surface area contributed by atoms with Crippen molar-refractivity contribution in [2.45, 2.75) is 39.2 Å². The van der Waals surface area contributed by atoms with Crippen LogP contribution in [0.3, 0.4) is 0 Å². The molecule has 1 heterocycles. The van der Waals surface area contributed by atoms with E-state index in [9.17, 15) is 14.7 Å². The average Bonchev–Trinajstić information content (AvgIpc) is 2.57. The van der Waals surface area contributed by atoms with Gasteiger partial charge >= 0.3 is 5.97 Å². The van der Waals surface area contributed by atoms with E-state index in [2.05, 4.69) is 0 Å². The zero-order valence-corrected chi connectivity index (χ0v) is 13.1. The highest BCUT2D eigenvalue weighted by Gasteiger charge is 2.38. The van der Waals surface area contributed by atoms with Gasteiger partial charge in [-0.05, 0) is 49.9 Å². The highest BCUT2D eigenvalue weighted by molar-refractivity contribution is 6.30. The molecule has 0 radical (unpaired) electrons. The van der Waals surface area contributed by atoms with Crippen molar-refractivity contribution in [3.63, 3.8) is 0 Å². The van der Waals surface area contributed by atoms with Crippen molar-refractivity contribution in [1.82, 2.24) is 4.90 Å². The largest absolute Gasteiger partial charge is 0.481 e. The number of benzene rings is 1. The Morgan fingerprint density at radius 1 is 1.48 bits per heavy atom. The van der Waals surface area contributed by atoms with Crippen LogP contribution in [0.1, 0.15) is 43.4 Å². The maximum Gasteiger partial charge on any atom is 0.308 e. The SMILES string of the molecule is CCN1C(=O)CCCC(C(=O)O)C1c1ccc(Cl)cc1C. The predicted molar refractivity (Wildman–Crippen MR) is 81.3 cm³/mol. The summed E-state index contributed by atoms with van der Waals surface area (Å²) in [6.07, 6.45) is 1.56. The lowest BCUT2D eigenvalue weighted by Crippen LogP contribution is -2.39. The minimum absolute atomic E-state index is 0.0283. The summed E-state index contributed by atoms with van der Waals surface area (Å²) in [5, 5.41) is 10.2. The summed E-state index contributed by atoms with van der Waals surface area (Å²) < 4.78 is 0. The summed E-state index contributed by atoms with van der Waals surface area (Å²) in [6.45, 7) is 4.30. The fourth-order valence-corrected chi connectivity index (χ4v) is 3.36. The standard InChI is InChI=1S/C16H20ClNO3/c1-3-18-14(19)6-4-5-13(16(20)21)15(18)12-8-7-11(17)9-10(12)2/h7-9,13,15H,3-6H2,1-2H3,(H,20,21). The van der Waals surface area contributed by atoms with Crippen molar-refractivity contribution < 1.29 is 14.7 Å². The van der Waals surface area contributed by atoms with Crippen molar-refractivity contribution in [2.24, 2.45) is 5.92 Å². The summed E-state index contributed by atoms with van der Waals surface area (Å²) in [5.74, 6) is -1.39. The van der Waals surface area contributed by atoms with Gasteiger partial charge in [0.15, 0.2) is 0 Å². The van der Waals surface area contributed by atoms with Gasteiger partial charge < -0.3 is 10.0 Å². The Kier molecular flexibility index (Phi) is 4.88. The van der Waals surface area contributed by atoms with Crippen LogP contribution < -0.4 is 0 Å². The highest BCUT2D eigenvalue weighted by Crippen LogP contribution is 2.37. The minimum atomic E-state index is -0.845. The smallest absolute Gasteiger partial charge is 0.308 e. The number of aliphatic carboxylic acids is 1. The molecule has 0 aromatic heterocycles. The third-order valence-corrected chi connectivity index (χ3v) is 4.39. The number of rotatable bonds is 3. The second-order valence-electron chi connectivity index (χ2n) is 5.46. The second-order valence-corrected chi connectivity index (χ2v) is 5.90. The zero-order valence-electron chi connectivity index (χ0n) is 12.3. The van der Waals surface area contributed by atoms with Crippen LogP contribution >= 0.6 is 11.6 Å². The Morgan fingerprint density at radius 2 is 2.19 bits per heavy atom. The molecular formula is C16H20ClNO3. The van der Waals surface area contributed by atoms with Gasteiger partial charge in [0, 0.05) is 18.0 Å². The maximum atomic E-state index is 12.3. The molecule has 1 aliphatic rings. The van der Waals surface area contributed by atoms with E-state index in [1.54, 1.807) is 11.0 Å². The Labute approximate surface area is 129 Å². The Morgan fingerprint density at radius 3 is 2.76 bits per heavy atom. The first kappa shape index (κ1) is 15.8. The van der Waals surface area contributed by atoms with Crippen molar-refractivity contribution in [2.75, 3.05) is 6.54 Å². The lowest BCUT2D eigenvalue weighted by atomic mass is 9.87. The van der Waals surface area contributed by atoms with Gasteiger partial charge in [0.1, 0.15) is 0 Å². The molecule has 21 heavy (non-hydrogen) atoms. The van der Waals surface area contributed by atoms with Crippen LogP contribution in [0.4, 0.5) is 0 Å². The van der Waals surface area contributed by atoms with Crippen LogP contribution in [0.5, 0.6) is 0 Å². The molecule has 1 saturated heterocycles. The fraction of sp³-hybridized carbons (Fsp3) is 0.500. The van der Waals surface area contributed by atoms with Crippen LogP contribution in [0.2, 0.25) is 5.02 Å². The lowest BCUT2D eigenvalue weighted by molar-refractivity contribution is -0.146. The molecule has 0 spiro atoms. The molecule has 1 N–H and O–H groups in total. The van der Waals surface area contributed by atoms with Gasteiger partial charge in [-0.25, -0.2) is 0 Å². The molecule has 2 unspecified atom stereocenters. The zero-order chi connectivity index (χ0) is 15.6. The first-order chi connectivity index (χ1) is 9.95. The van der Waals surface area contributed by atoms with E-state index in [1.807, 2.05) is 26.0 Å². The van der Waals surface area contributed by atoms with Crippen molar-refractivity contribution >= 4 is 23.5 Å². The van der Waals surface area contributed by atoms with E-state index in [0.29, 0.717) is 30.8 Å². The molecule has 2 atom stereocenters. The number of amides is 1. The second kappa shape index (κ2) is 6.48. The first-order valence-electron chi connectivity index (χ1n) is 7.24. The molecule has 0 saturated carbocycles. The number of likely N-dealkylation sites (tertiary alicyclic amines) is 1. The number of hydrogen-bond donors (Lipinski definition) is 1. The van der Waals surface area contributed by atoms with Gasteiger partial charge in [-0.1, -0.05) is 17.7 Å². The Hall–Kier alpha value is -1.55. The van der Waals surface area contributed by atoms with Gasteiger partial charge in [-0.3, -0.25) is 9.59 Å². The molecule has 1 aliphatic heterocycles. The number of hydrogen-bond acceptors (Lipinski definition) is 2. The maximum absolute atomic E-state index is 12.3. The third-order valence-electron chi connectivity index (χ3n) is 4.15. The molecule has 1 fully saturated rings. The molecule has 114 valence electrons. The van der Waals surface area contributed by atoms with Crippen LogP contribution in [-0.2, 0) is 9.59 Å². The summed E-state index contributed by atoms with van der Waals surface area (Å²) in [6, 6.07) is 5.00. The van der Waals surface area contributed by atoms with Crippen LogP contribution in [-0.4, -0.2) is 28.4 Å². The van der Waals surface area contributed by atoms with Crippen LogP contribution in [0, 0.1) is 12.8 Å². The summed E-state index contributed by atoms with van der Waals surface area (Å²) >= 11 is 5.99. The van der Waals surface area contributed by atoms with E-state index in [0.717, 1.165) is 11.1 Å². The number of carboxylic acids is 1. The molecule has 1 amide bonds. The average molecular weight is 310 g/mol. The number of carbonyl (C=O) groups excluding carboxylic acids is 1. The first-order valence-corrected chi connectivity index (χ1v) is 7.61. The summed E-state index contributed by atoms with van der Waals surface area (Å²) in [4.78, 5) is 25.7. The van der Waals surface area contributed by atoms with E-state index < -0.39 is 17.9 Å². The fourth-order valence-electron chi connectivity index (χ4n) is 3.13. The van der Waals surface area contributed by atoms with Crippen molar-refractivity contribution in [3.05, 3.63) is 34.3 Å². The van der Waals surface area contributed by atoms with Crippen LogP contribution in [0.25, 0.3) is 0 Å². The van der Waals surface area contributed by atoms with Gasteiger partial charge in [-0.15, -0.1) is 0 Å². The number of nitrogens with zero attached hydrogens (tertiary/aromatic N) is 1. The van der Waals surface area contributed by atoms with E-state index >= 15 is 0 Å². The molecule has 5 heteroatoms. The highest BCUT2D eigenvalue weighted by atomic mass is 35.5. The Balaban J connectivity index is 2.53. The number of carbonyl (C=O) groups is 2. The van der Waals surface area contributed by atoms with Gasteiger partial charge in [-0.2, -0.15) is 0 Å². The number of aryl methyl sites for hydroxylation is 1. The van der Waals surface area contributed by atoms with Gasteiger partial charge in [0.05, 0.1) is 12.0 Å². The Bertz CT molecular complexity index is 556.